The van der Waals surface area contributed by atoms with E-state index in [0.717, 1.165) is 5.56 Å². The molecule has 0 spiro atoms. The highest BCUT2D eigenvalue weighted by Gasteiger charge is 2.12. The molecule has 0 bridgehead atoms. The Kier molecular flexibility index (Phi) is 5.06. The van der Waals surface area contributed by atoms with Gasteiger partial charge in [-0.3, -0.25) is 9.59 Å². The largest absolute Gasteiger partial charge is 0.395 e. The molecule has 0 unspecified atom stereocenters. The molecule has 0 amide bonds. The van der Waals surface area contributed by atoms with Crippen LogP contribution in [0.1, 0.15) is 11.1 Å². The summed E-state index contributed by atoms with van der Waals surface area (Å²) in [5, 5.41) is 13.6. The third-order valence-corrected chi connectivity index (χ3v) is 3.96. The molecule has 0 radical (unpaired) electrons. The fourth-order valence-corrected chi connectivity index (χ4v) is 2.76. The second-order valence-electron chi connectivity index (χ2n) is 5.71. The number of aliphatic hydroxyl groups is 1. The van der Waals surface area contributed by atoms with Crippen molar-refractivity contribution in [3.8, 4) is 0 Å². The molecule has 1 N–H and O–H groups in total. The van der Waals surface area contributed by atoms with Crippen LogP contribution in [-0.4, -0.2) is 26.1 Å². The smallest absolute Gasteiger partial charge is 0.278 e. The van der Waals surface area contributed by atoms with Gasteiger partial charge < -0.3 is 14.4 Å². The quantitative estimate of drug-likeness (QED) is 0.724. The Morgan fingerprint density at radius 3 is 2.68 bits per heavy atom. The summed E-state index contributed by atoms with van der Waals surface area (Å²) in [4.78, 5) is 24.8. The summed E-state index contributed by atoms with van der Waals surface area (Å²) in [5.41, 5.74) is 1.42. The number of nitrogens with zero attached hydrogens (tertiary/aromatic N) is 3. The van der Waals surface area contributed by atoms with Crippen molar-refractivity contribution in [2.75, 3.05) is 6.61 Å². The van der Waals surface area contributed by atoms with Crippen LogP contribution in [0.3, 0.4) is 0 Å². The zero-order valence-corrected chi connectivity index (χ0v) is 13.9. The normalized spacial score (nSPS) is 11.1. The molecule has 0 aliphatic rings. The summed E-state index contributed by atoms with van der Waals surface area (Å²) >= 11 is 0. The van der Waals surface area contributed by atoms with E-state index in [2.05, 4.69) is 5.10 Å². The standard InChI is InChI=1S/C18H19N3O4/c1-13-9-16(23)20(7-8-22)15-10-19-21(18(24)17(13)15)12-25-11-14-5-3-2-4-6-14/h2-6,9-10,22H,7-8,11-12H2,1H3. The van der Waals surface area contributed by atoms with Gasteiger partial charge in [-0.1, -0.05) is 30.3 Å². The Hall–Kier alpha value is -2.77. The number of benzene rings is 1. The molecule has 2 aromatic heterocycles. The first-order chi connectivity index (χ1) is 12.1. The Balaban J connectivity index is 1.92. The van der Waals surface area contributed by atoms with Gasteiger partial charge in [0.05, 0.1) is 30.3 Å². The van der Waals surface area contributed by atoms with Crippen LogP contribution < -0.4 is 11.1 Å². The van der Waals surface area contributed by atoms with Gasteiger partial charge in [0, 0.05) is 12.6 Å². The minimum atomic E-state index is -0.324. The van der Waals surface area contributed by atoms with Gasteiger partial charge >= 0.3 is 0 Å². The highest BCUT2D eigenvalue weighted by molar-refractivity contribution is 5.80. The van der Waals surface area contributed by atoms with Crippen LogP contribution in [0.2, 0.25) is 0 Å². The molecular weight excluding hydrogens is 322 g/mol. The van der Waals surface area contributed by atoms with Gasteiger partial charge in [0.25, 0.3) is 11.1 Å². The van der Waals surface area contributed by atoms with Gasteiger partial charge in [-0.05, 0) is 18.1 Å². The fourth-order valence-electron chi connectivity index (χ4n) is 2.76. The maximum atomic E-state index is 12.7. The lowest BCUT2D eigenvalue weighted by Crippen LogP contribution is -2.29. The number of rotatable bonds is 6. The molecule has 25 heavy (non-hydrogen) atoms. The number of aliphatic hydroxyl groups excluding tert-OH is 1. The van der Waals surface area contributed by atoms with E-state index in [4.69, 9.17) is 9.84 Å². The van der Waals surface area contributed by atoms with Crippen LogP contribution in [-0.2, 0) is 24.6 Å². The predicted octanol–water partition coefficient (Wildman–Crippen LogP) is 1.03. The molecule has 0 saturated heterocycles. The van der Waals surface area contributed by atoms with Gasteiger partial charge in [-0.25, -0.2) is 4.68 Å². The van der Waals surface area contributed by atoms with Gasteiger partial charge in [-0.2, -0.15) is 5.10 Å². The van der Waals surface area contributed by atoms with Gasteiger partial charge in [0.2, 0.25) is 0 Å². The third-order valence-electron chi connectivity index (χ3n) is 3.96. The molecule has 7 nitrogen and oxygen atoms in total. The summed E-state index contributed by atoms with van der Waals surface area (Å²) in [6.07, 6.45) is 1.46. The molecule has 2 heterocycles. The average molecular weight is 341 g/mol. The lowest BCUT2D eigenvalue weighted by Gasteiger charge is -2.12. The Morgan fingerprint density at radius 1 is 1.20 bits per heavy atom. The summed E-state index contributed by atoms with van der Waals surface area (Å²) in [5.74, 6) is 0. The first-order valence-electron chi connectivity index (χ1n) is 7.94. The van der Waals surface area contributed by atoms with Crippen LogP contribution in [0.15, 0.2) is 52.2 Å². The van der Waals surface area contributed by atoms with Crippen LogP contribution in [0, 0.1) is 6.92 Å². The van der Waals surface area contributed by atoms with Crippen molar-refractivity contribution in [1.82, 2.24) is 14.3 Å². The Bertz CT molecular complexity index is 993. The zero-order valence-electron chi connectivity index (χ0n) is 13.9. The maximum absolute atomic E-state index is 12.7. The van der Waals surface area contributed by atoms with E-state index in [1.54, 1.807) is 6.92 Å². The summed E-state index contributed by atoms with van der Waals surface area (Å²) < 4.78 is 8.15. The van der Waals surface area contributed by atoms with E-state index >= 15 is 0 Å². The van der Waals surface area contributed by atoms with Crippen molar-refractivity contribution >= 4 is 10.9 Å². The molecule has 0 saturated carbocycles. The van der Waals surface area contributed by atoms with Crippen LogP contribution in [0.4, 0.5) is 0 Å². The van der Waals surface area contributed by atoms with Gasteiger partial charge in [0.15, 0.2) is 0 Å². The molecule has 0 aliphatic heterocycles. The van der Waals surface area contributed by atoms with Crippen molar-refractivity contribution in [2.24, 2.45) is 0 Å². The van der Waals surface area contributed by atoms with E-state index in [0.29, 0.717) is 23.1 Å². The molecular formula is C18H19N3O4. The molecule has 3 aromatic rings. The van der Waals surface area contributed by atoms with E-state index in [9.17, 15) is 9.59 Å². The first kappa shape index (κ1) is 17.1. The second-order valence-corrected chi connectivity index (χ2v) is 5.71. The van der Waals surface area contributed by atoms with Crippen molar-refractivity contribution in [2.45, 2.75) is 26.8 Å². The number of aryl methyl sites for hydroxylation is 1. The molecule has 3 rings (SSSR count). The van der Waals surface area contributed by atoms with E-state index < -0.39 is 0 Å². The Morgan fingerprint density at radius 2 is 1.96 bits per heavy atom. The van der Waals surface area contributed by atoms with E-state index in [-0.39, 0.29) is 31.0 Å². The number of aromatic nitrogens is 3. The number of hydrogen-bond donors (Lipinski definition) is 1. The number of fused-ring (bicyclic) bond motifs is 1. The fraction of sp³-hybridized carbons (Fsp3) is 0.278. The molecule has 0 atom stereocenters. The van der Waals surface area contributed by atoms with Crippen molar-refractivity contribution in [3.63, 3.8) is 0 Å². The lowest BCUT2D eigenvalue weighted by molar-refractivity contribution is 0.0532. The van der Waals surface area contributed by atoms with Crippen LogP contribution >= 0.6 is 0 Å². The summed E-state index contributed by atoms with van der Waals surface area (Å²) in [6.45, 7) is 2.02. The van der Waals surface area contributed by atoms with E-state index in [1.165, 1.54) is 21.5 Å². The monoisotopic (exact) mass is 341 g/mol. The predicted molar refractivity (Wildman–Crippen MR) is 93.3 cm³/mol. The molecule has 0 fully saturated rings. The van der Waals surface area contributed by atoms with Gasteiger partial charge in [0.1, 0.15) is 6.73 Å². The van der Waals surface area contributed by atoms with Crippen LogP contribution in [0.25, 0.3) is 10.9 Å². The highest BCUT2D eigenvalue weighted by Crippen LogP contribution is 2.11. The minimum Gasteiger partial charge on any atom is -0.395 e. The number of ether oxygens (including phenoxy) is 1. The lowest BCUT2D eigenvalue weighted by atomic mass is 10.2. The number of hydrogen-bond acceptors (Lipinski definition) is 5. The summed E-state index contributed by atoms with van der Waals surface area (Å²) in [7, 11) is 0. The molecule has 1 aromatic carbocycles. The molecule has 7 heteroatoms. The maximum Gasteiger partial charge on any atom is 0.278 e. The average Bonchev–Trinajstić information content (AvgIpc) is 2.61. The van der Waals surface area contributed by atoms with Crippen molar-refractivity contribution in [3.05, 3.63) is 74.4 Å². The molecule has 130 valence electrons. The topological polar surface area (TPSA) is 86.3 Å². The Labute approximate surface area is 143 Å². The SMILES string of the molecule is Cc1cc(=O)n(CCO)c2cnn(COCc3ccccc3)c(=O)c12. The van der Waals surface area contributed by atoms with Crippen LogP contribution in [0.5, 0.6) is 0 Å². The van der Waals surface area contributed by atoms with Crippen molar-refractivity contribution in [1.29, 1.82) is 0 Å². The first-order valence-corrected chi connectivity index (χ1v) is 7.94. The highest BCUT2D eigenvalue weighted by atomic mass is 16.5. The van der Waals surface area contributed by atoms with Crippen molar-refractivity contribution < 1.29 is 9.84 Å². The second kappa shape index (κ2) is 7.42. The molecule has 0 aliphatic carbocycles. The zero-order chi connectivity index (χ0) is 17.8. The number of pyridine rings is 1. The minimum absolute atomic E-state index is 0.0161. The van der Waals surface area contributed by atoms with Gasteiger partial charge in [-0.15, -0.1) is 0 Å². The third kappa shape index (κ3) is 3.52. The van der Waals surface area contributed by atoms with E-state index in [1.807, 2.05) is 30.3 Å². The summed E-state index contributed by atoms with van der Waals surface area (Å²) in [6, 6.07) is 11.0.